The third kappa shape index (κ3) is 4.32. The van der Waals surface area contributed by atoms with Gasteiger partial charge in [0.15, 0.2) is 0 Å². The van der Waals surface area contributed by atoms with Crippen LogP contribution in [0.5, 0.6) is 0 Å². The van der Waals surface area contributed by atoms with Gasteiger partial charge in [0.2, 0.25) is 5.91 Å². The number of carbonyl (C=O) groups excluding carboxylic acids is 2. The molecule has 2 aliphatic rings. The number of benzene rings is 1. The van der Waals surface area contributed by atoms with Gasteiger partial charge < -0.3 is 9.80 Å². The Hall–Kier alpha value is -2.09. The second-order valence-electron chi connectivity index (χ2n) is 7.75. The Morgan fingerprint density at radius 3 is 2.25 bits per heavy atom. The lowest BCUT2D eigenvalue weighted by atomic mass is 10.0. The second kappa shape index (κ2) is 8.11. The van der Waals surface area contributed by atoms with Crippen molar-refractivity contribution in [3.05, 3.63) is 35.9 Å². The maximum absolute atomic E-state index is 12.9. The summed E-state index contributed by atoms with van der Waals surface area (Å²) in [6.07, 6.45) is -4.25. The average molecular weight is 397 g/mol. The van der Waals surface area contributed by atoms with Gasteiger partial charge in [-0.25, -0.2) is 0 Å². The van der Waals surface area contributed by atoms with Gasteiger partial charge in [0, 0.05) is 38.3 Å². The summed E-state index contributed by atoms with van der Waals surface area (Å²) in [7, 11) is 0. The molecule has 8 heteroatoms. The summed E-state index contributed by atoms with van der Waals surface area (Å²) >= 11 is 0. The molecule has 0 bridgehead atoms. The molecule has 2 amide bonds. The Morgan fingerprint density at radius 1 is 1.07 bits per heavy atom. The summed E-state index contributed by atoms with van der Waals surface area (Å²) < 4.78 is 38.5. The van der Waals surface area contributed by atoms with Gasteiger partial charge in [0.1, 0.15) is 6.04 Å². The van der Waals surface area contributed by atoms with Gasteiger partial charge in [-0.1, -0.05) is 30.3 Å². The largest absolute Gasteiger partial charge is 0.471 e. The van der Waals surface area contributed by atoms with Crippen LogP contribution in [-0.4, -0.2) is 70.5 Å². The fourth-order valence-electron chi connectivity index (χ4n) is 4.28. The molecular formula is C20H26F3N3O2. The quantitative estimate of drug-likeness (QED) is 0.788. The van der Waals surface area contributed by atoms with E-state index >= 15 is 0 Å². The minimum atomic E-state index is -4.95. The van der Waals surface area contributed by atoms with E-state index in [1.54, 1.807) is 4.90 Å². The van der Waals surface area contributed by atoms with Gasteiger partial charge in [-0.15, -0.1) is 0 Å². The van der Waals surface area contributed by atoms with Crippen LogP contribution in [0.4, 0.5) is 13.2 Å². The number of hydrogen-bond donors (Lipinski definition) is 0. The van der Waals surface area contributed by atoms with Crippen LogP contribution in [0.3, 0.4) is 0 Å². The first-order valence-corrected chi connectivity index (χ1v) is 9.64. The van der Waals surface area contributed by atoms with E-state index in [1.165, 1.54) is 5.56 Å². The lowest BCUT2D eigenvalue weighted by Gasteiger charge is -2.45. The highest BCUT2D eigenvalue weighted by Gasteiger charge is 2.48. The van der Waals surface area contributed by atoms with Crippen LogP contribution in [0.1, 0.15) is 32.3 Å². The molecule has 0 spiro atoms. The van der Waals surface area contributed by atoms with Gasteiger partial charge in [-0.2, -0.15) is 13.2 Å². The van der Waals surface area contributed by atoms with Gasteiger partial charge in [-0.3, -0.25) is 14.5 Å². The Morgan fingerprint density at radius 2 is 1.68 bits per heavy atom. The predicted molar refractivity (Wildman–Crippen MR) is 98.3 cm³/mol. The molecule has 28 heavy (non-hydrogen) atoms. The van der Waals surface area contributed by atoms with Gasteiger partial charge in [0.05, 0.1) is 0 Å². The summed E-state index contributed by atoms with van der Waals surface area (Å²) in [4.78, 5) is 29.2. The lowest BCUT2D eigenvalue weighted by molar-refractivity contribution is -0.187. The minimum absolute atomic E-state index is 0.0200. The van der Waals surface area contributed by atoms with Crippen LogP contribution in [0, 0.1) is 0 Å². The molecular weight excluding hydrogens is 371 g/mol. The summed E-state index contributed by atoms with van der Waals surface area (Å²) in [5.74, 6) is -2.28. The number of rotatable bonds is 3. The molecule has 154 valence electrons. The molecule has 2 fully saturated rings. The van der Waals surface area contributed by atoms with Crippen LogP contribution in [-0.2, 0) is 16.1 Å². The maximum Gasteiger partial charge on any atom is 0.471 e. The molecule has 2 aliphatic heterocycles. The summed E-state index contributed by atoms with van der Waals surface area (Å²) in [6, 6.07) is 9.17. The van der Waals surface area contributed by atoms with Gasteiger partial charge in [-0.05, 0) is 32.3 Å². The Kier molecular flexibility index (Phi) is 5.98. The van der Waals surface area contributed by atoms with Crippen molar-refractivity contribution in [3.63, 3.8) is 0 Å². The van der Waals surface area contributed by atoms with Crippen LogP contribution in [0.25, 0.3) is 0 Å². The molecule has 3 unspecified atom stereocenters. The molecule has 0 saturated carbocycles. The van der Waals surface area contributed by atoms with Crippen LogP contribution in [0.2, 0.25) is 0 Å². The van der Waals surface area contributed by atoms with E-state index in [-0.39, 0.29) is 31.0 Å². The molecule has 1 aromatic rings. The Balaban J connectivity index is 1.66. The van der Waals surface area contributed by atoms with E-state index in [0.29, 0.717) is 24.4 Å². The van der Waals surface area contributed by atoms with E-state index in [0.717, 1.165) is 6.54 Å². The average Bonchev–Trinajstić information content (AvgIpc) is 3.12. The fourth-order valence-corrected chi connectivity index (χ4v) is 4.28. The van der Waals surface area contributed by atoms with Crippen molar-refractivity contribution in [2.45, 2.75) is 57.5 Å². The number of piperazine rings is 1. The summed E-state index contributed by atoms with van der Waals surface area (Å²) in [6.45, 7) is 5.67. The smallest absolute Gasteiger partial charge is 0.338 e. The monoisotopic (exact) mass is 397 g/mol. The van der Waals surface area contributed by atoms with Crippen molar-refractivity contribution in [2.75, 3.05) is 19.6 Å². The number of nitrogens with zero attached hydrogens (tertiary/aromatic N) is 3. The van der Waals surface area contributed by atoms with E-state index in [1.807, 2.05) is 32.0 Å². The molecule has 0 aliphatic carbocycles. The number of hydrogen-bond acceptors (Lipinski definition) is 3. The second-order valence-corrected chi connectivity index (χ2v) is 7.75. The predicted octanol–water partition coefficient (Wildman–Crippen LogP) is 2.66. The Labute approximate surface area is 163 Å². The van der Waals surface area contributed by atoms with Crippen molar-refractivity contribution >= 4 is 11.8 Å². The van der Waals surface area contributed by atoms with Crippen molar-refractivity contribution in [1.82, 2.24) is 14.7 Å². The lowest BCUT2D eigenvalue weighted by Crippen LogP contribution is -2.60. The van der Waals surface area contributed by atoms with Crippen LogP contribution < -0.4 is 0 Å². The molecule has 0 radical (unpaired) electrons. The summed E-state index contributed by atoms with van der Waals surface area (Å²) in [5, 5.41) is 0. The normalized spacial score (nSPS) is 26.5. The van der Waals surface area contributed by atoms with E-state index in [2.05, 4.69) is 17.0 Å². The SMILES string of the molecule is CC1CN(C(=O)C2CCCN2C(=O)C(F)(F)F)CC(C)N1Cc1ccccc1. The molecule has 0 aromatic heterocycles. The van der Waals surface area contributed by atoms with Crippen molar-refractivity contribution in [3.8, 4) is 0 Å². The first-order chi connectivity index (χ1) is 13.2. The number of alkyl halides is 3. The number of carbonyl (C=O) groups is 2. The first kappa shape index (κ1) is 20.6. The van der Waals surface area contributed by atoms with Crippen LogP contribution >= 0.6 is 0 Å². The molecule has 2 heterocycles. The van der Waals surface area contributed by atoms with Crippen molar-refractivity contribution < 1.29 is 22.8 Å². The standard InChI is InChI=1S/C20H26F3N3O2/c1-14-11-24(12-15(2)26(14)13-16-7-4-3-5-8-16)18(27)17-9-6-10-25(17)19(28)20(21,22)23/h3-5,7-8,14-15,17H,6,9-13H2,1-2H3. The minimum Gasteiger partial charge on any atom is -0.338 e. The molecule has 0 N–H and O–H groups in total. The van der Waals surface area contributed by atoms with E-state index < -0.39 is 18.1 Å². The zero-order chi connectivity index (χ0) is 20.5. The Bertz CT molecular complexity index is 698. The van der Waals surface area contributed by atoms with Crippen molar-refractivity contribution in [1.29, 1.82) is 0 Å². The van der Waals surface area contributed by atoms with Gasteiger partial charge in [0.25, 0.3) is 0 Å². The molecule has 2 saturated heterocycles. The fraction of sp³-hybridized carbons (Fsp3) is 0.600. The zero-order valence-corrected chi connectivity index (χ0v) is 16.2. The van der Waals surface area contributed by atoms with Crippen molar-refractivity contribution in [2.24, 2.45) is 0 Å². The molecule has 3 rings (SSSR count). The topological polar surface area (TPSA) is 43.9 Å². The highest BCUT2D eigenvalue weighted by Crippen LogP contribution is 2.28. The zero-order valence-electron chi connectivity index (χ0n) is 16.2. The molecule has 1 aromatic carbocycles. The third-order valence-corrected chi connectivity index (χ3v) is 5.66. The number of halogens is 3. The summed E-state index contributed by atoms with van der Waals surface area (Å²) in [5.41, 5.74) is 1.18. The maximum atomic E-state index is 12.9. The molecule has 5 nitrogen and oxygen atoms in total. The first-order valence-electron chi connectivity index (χ1n) is 9.64. The van der Waals surface area contributed by atoms with E-state index in [4.69, 9.17) is 0 Å². The number of amides is 2. The molecule has 3 atom stereocenters. The highest BCUT2D eigenvalue weighted by atomic mass is 19.4. The van der Waals surface area contributed by atoms with E-state index in [9.17, 15) is 22.8 Å². The number of likely N-dealkylation sites (tertiary alicyclic amines) is 1. The highest BCUT2D eigenvalue weighted by molar-refractivity contribution is 5.90. The van der Waals surface area contributed by atoms with Crippen LogP contribution in [0.15, 0.2) is 30.3 Å². The van der Waals surface area contributed by atoms with Gasteiger partial charge >= 0.3 is 12.1 Å². The third-order valence-electron chi connectivity index (χ3n) is 5.66.